The van der Waals surface area contributed by atoms with Gasteiger partial charge < -0.3 is 10.2 Å². The molecule has 0 spiro atoms. The quantitative estimate of drug-likeness (QED) is 0.763. The number of oxazole rings is 1. The van der Waals surface area contributed by atoms with Crippen LogP contribution in [0.3, 0.4) is 0 Å². The van der Waals surface area contributed by atoms with Gasteiger partial charge in [-0.1, -0.05) is 24.3 Å². The third kappa shape index (κ3) is 2.00. The van der Waals surface area contributed by atoms with E-state index in [1.54, 1.807) is 0 Å². The number of aromatic nitrogens is 1. The van der Waals surface area contributed by atoms with Crippen LogP contribution in [0.5, 0.6) is 0 Å². The molecule has 90 valence electrons. The highest BCUT2D eigenvalue weighted by molar-refractivity contribution is 5.76. The lowest BCUT2D eigenvalue weighted by atomic mass is 10.1. The molecule has 0 unspecified atom stereocenters. The number of nitrogens with two attached hydrogens (primary N) is 1. The zero-order valence-corrected chi connectivity index (χ0v) is 9.97. The van der Waals surface area contributed by atoms with Crippen LogP contribution in [0.15, 0.2) is 52.9 Å². The zero-order valence-electron chi connectivity index (χ0n) is 9.97. The normalized spacial score (nSPS) is 10.9. The van der Waals surface area contributed by atoms with Crippen LogP contribution in [-0.2, 0) is 6.42 Å². The van der Waals surface area contributed by atoms with E-state index in [-0.39, 0.29) is 0 Å². The van der Waals surface area contributed by atoms with E-state index in [9.17, 15) is 0 Å². The number of fused-ring (bicyclic) bond motifs is 1. The van der Waals surface area contributed by atoms with Gasteiger partial charge in [-0.3, -0.25) is 0 Å². The topological polar surface area (TPSA) is 52.0 Å². The zero-order chi connectivity index (χ0) is 12.4. The van der Waals surface area contributed by atoms with E-state index in [2.05, 4.69) is 4.98 Å². The fourth-order valence-electron chi connectivity index (χ4n) is 2.00. The van der Waals surface area contributed by atoms with E-state index in [0.29, 0.717) is 12.4 Å². The summed E-state index contributed by atoms with van der Waals surface area (Å²) in [7, 11) is 0. The summed E-state index contributed by atoms with van der Waals surface area (Å²) in [6.07, 6.45) is 0.865. The van der Waals surface area contributed by atoms with Crippen LogP contribution in [-0.4, -0.2) is 11.5 Å². The van der Waals surface area contributed by atoms with E-state index < -0.39 is 0 Å². The molecule has 0 saturated heterocycles. The van der Waals surface area contributed by atoms with Gasteiger partial charge in [0.1, 0.15) is 5.52 Å². The first-order valence-electron chi connectivity index (χ1n) is 6.02. The van der Waals surface area contributed by atoms with Gasteiger partial charge in [0.2, 0.25) is 5.89 Å². The van der Waals surface area contributed by atoms with E-state index in [1.807, 2.05) is 48.5 Å². The maximum absolute atomic E-state index is 5.74. The number of nitrogens with zero attached hydrogens (tertiary/aromatic N) is 1. The second kappa shape index (κ2) is 4.63. The molecule has 0 fully saturated rings. The van der Waals surface area contributed by atoms with Crippen molar-refractivity contribution in [3.63, 3.8) is 0 Å². The summed E-state index contributed by atoms with van der Waals surface area (Å²) in [6.45, 7) is 0.648. The predicted molar refractivity (Wildman–Crippen MR) is 72.2 cm³/mol. The fourth-order valence-corrected chi connectivity index (χ4v) is 2.00. The van der Waals surface area contributed by atoms with E-state index in [0.717, 1.165) is 23.1 Å². The molecule has 18 heavy (non-hydrogen) atoms. The first-order valence-corrected chi connectivity index (χ1v) is 6.02. The lowest BCUT2D eigenvalue weighted by molar-refractivity contribution is 0.620. The molecule has 0 atom stereocenters. The molecule has 3 rings (SSSR count). The predicted octanol–water partition coefficient (Wildman–Crippen LogP) is 3.00. The largest absolute Gasteiger partial charge is 0.436 e. The van der Waals surface area contributed by atoms with E-state index in [1.165, 1.54) is 5.56 Å². The van der Waals surface area contributed by atoms with Gasteiger partial charge in [0.25, 0.3) is 0 Å². The Kier molecular flexibility index (Phi) is 2.82. The SMILES string of the molecule is NCCc1ccc2oc(-c3ccccc3)nc2c1. The van der Waals surface area contributed by atoms with Crippen LogP contribution in [0, 0.1) is 0 Å². The third-order valence-corrected chi connectivity index (χ3v) is 2.91. The number of hydrogen-bond acceptors (Lipinski definition) is 3. The maximum atomic E-state index is 5.74. The highest BCUT2D eigenvalue weighted by Crippen LogP contribution is 2.24. The minimum absolute atomic E-state index is 0.648. The van der Waals surface area contributed by atoms with Crippen LogP contribution in [0.2, 0.25) is 0 Å². The van der Waals surface area contributed by atoms with Gasteiger partial charge in [-0.2, -0.15) is 0 Å². The molecule has 0 saturated carbocycles. The Morgan fingerprint density at radius 3 is 2.67 bits per heavy atom. The molecule has 3 aromatic rings. The van der Waals surface area contributed by atoms with Gasteiger partial charge in [-0.25, -0.2) is 4.98 Å². The van der Waals surface area contributed by atoms with Gasteiger partial charge in [0, 0.05) is 5.56 Å². The summed E-state index contributed by atoms with van der Waals surface area (Å²) in [6, 6.07) is 15.9. The smallest absolute Gasteiger partial charge is 0.227 e. The monoisotopic (exact) mass is 238 g/mol. The lowest BCUT2D eigenvalue weighted by Gasteiger charge is -1.95. The molecule has 3 nitrogen and oxygen atoms in total. The van der Waals surface area contributed by atoms with Crippen LogP contribution >= 0.6 is 0 Å². The molecule has 2 N–H and O–H groups in total. The van der Waals surface area contributed by atoms with Crippen LogP contribution < -0.4 is 5.73 Å². The molecule has 2 aromatic carbocycles. The Hall–Kier alpha value is -2.13. The highest BCUT2D eigenvalue weighted by atomic mass is 16.3. The van der Waals surface area contributed by atoms with Gasteiger partial charge in [0.15, 0.2) is 5.58 Å². The maximum Gasteiger partial charge on any atom is 0.227 e. The minimum Gasteiger partial charge on any atom is -0.436 e. The van der Waals surface area contributed by atoms with Crippen molar-refractivity contribution in [1.29, 1.82) is 0 Å². The van der Waals surface area contributed by atoms with Crippen LogP contribution in [0.1, 0.15) is 5.56 Å². The van der Waals surface area contributed by atoms with Crippen LogP contribution in [0.25, 0.3) is 22.6 Å². The molecule has 1 heterocycles. The standard InChI is InChI=1S/C15H14N2O/c16-9-8-11-6-7-14-13(10-11)17-15(18-14)12-4-2-1-3-5-12/h1-7,10H,8-9,16H2. The van der Waals surface area contributed by atoms with Gasteiger partial charge >= 0.3 is 0 Å². The Bertz CT molecular complexity index is 659. The van der Waals surface area contributed by atoms with Crippen molar-refractivity contribution < 1.29 is 4.42 Å². The molecule has 0 aliphatic rings. The Morgan fingerprint density at radius 1 is 1.06 bits per heavy atom. The Labute approximate surface area is 105 Å². The minimum atomic E-state index is 0.648. The van der Waals surface area contributed by atoms with Crippen molar-refractivity contribution in [3.8, 4) is 11.5 Å². The summed E-state index contributed by atoms with van der Waals surface area (Å²) < 4.78 is 5.74. The van der Waals surface area contributed by atoms with Crippen molar-refractivity contribution in [1.82, 2.24) is 4.98 Å². The van der Waals surface area contributed by atoms with Gasteiger partial charge in [0.05, 0.1) is 0 Å². The second-order valence-electron chi connectivity index (χ2n) is 4.23. The van der Waals surface area contributed by atoms with Crippen molar-refractivity contribution in [2.24, 2.45) is 5.73 Å². The molecule has 0 radical (unpaired) electrons. The van der Waals surface area contributed by atoms with E-state index in [4.69, 9.17) is 10.2 Å². The highest BCUT2D eigenvalue weighted by Gasteiger charge is 2.07. The first kappa shape index (κ1) is 11.0. The van der Waals surface area contributed by atoms with Crippen molar-refractivity contribution in [3.05, 3.63) is 54.1 Å². The summed E-state index contributed by atoms with van der Waals surface area (Å²) in [5.74, 6) is 0.662. The Morgan fingerprint density at radius 2 is 1.89 bits per heavy atom. The number of hydrogen-bond donors (Lipinski definition) is 1. The average Bonchev–Trinajstić information content (AvgIpc) is 2.83. The summed E-state index contributed by atoms with van der Waals surface area (Å²) in [5, 5.41) is 0. The fraction of sp³-hybridized carbons (Fsp3) is 0.133. The van der Waals surface area contributed by atoms with Crippen molar-refractivity contribution in [2.75, 3.05) is 6.54 Å². The molecule has 1 aromatic heterocycles. The van der Waals surface area contributed by atoms with Crippen molar-refractivity contribution in [2.45, 2.75) is 6.42 Å². The van der Waals surface area contributed by atoms with Crippen molar-refractivity contribution >= 4 is 11.1 Å². The molecule has 0 bridgehead atoms. The molecular weight excluding hydrogens is 224 g/mol. The average molecular weight is 238 g/mol. The molecule has 0 aliphatic heterocycles. The lowest BCUT2D eigenvalue weighted by Crippen LogP contribution is -2.02. The number of rotatable bonds is 3. The van der Waals surface area contributed by atoms with Gasteiger partial charge in [-0.05, 0) is 42.8 Å². The first-order chi connectivity index (χ1) is 8.86. The summed E-state index contributed by atoms with van der Waals surface area (Å²) >= 11 is 0. The van der Waals surface area contributed by atoms with Gasteiger partial charge in [-0.15, -0.1) is 0 Å². The molecule has 0 amide bonds. The third-order valence-electron chi connectivity index (χ3n) is 2.91. The Balaban J connectivity index is 2.06. The second-order valence-corrected chi connectivity index (χ2v) is 4.23. The summed E-state index contributed by atoms with van der Waals surface area (Å²) in [5.41, 5.74) is 9.45. The molecular formula is C15H14N2O. The molecule has 3 heteroatoms. The summed E-state index contributed by atoms with van der Waals surface area (Å²) in [4.78, 5) is 4.52. The van der Waals surface area contributed by atoms with E-state index >= 15 is 0 Å². The number of benzene rings is 2. The molecule has 0 aliphatic carbocycles. The van der Waals surface area contributed by atoms with Crippen LogP contribution in [0.4, 0.5) is 0 Å².